The Balaban J connectivity index is 0.000000273. The van der Waals surface area contributed by atoms with Crippen molar-refractivity contribution in [2.24, 2.45) is 0 Å². The van der Waals surface area contributed by atoms with Gasteiger partial charge in [-0.25, -0.2) is 8.78 Å². The fraction of sp³-hybridized carbons (Fsp3) is 0.250. The molecule has 2 rings (SSSR count). The van der Waals surface area contributed by atoms with E-state index in [-0.39, 0.29) is 11.4 Å². The summed E-state index contributed by atoms with van der Waals surface area (Å²) in [6.45, 7) is 2.63. The highest BCUT2D eigenvalue weighted by Crippen LogP contribution is 2.24. The van der Waals surface area contributed by atoms with E-state index in [0.717, 1.165) is 37.1 Å². The summed E-state index contributed by atoms with van der Waals surface area (Å²) in [4.78, 5) is 19.2. The molecule has 26 heavy (non-hydrogen) atoms. The molecule has 0 saturated carbocycles. The monoisotopic (exact) mass is 371 g/mol. The third-order valence-electron chi connectivity index (χ3n) is 3.11. The molecule has 0 bridgehead atoms. The molecular formula is C16H16F3N3O4. The molecule has 10 heteroatoms. The minimum absolute atomic E-state index is 0.0903. The molecule has 2 aromatic rings. The first kappa shape index (κ1) is 20.9. The van der Waals surface area contributed by atoms with Crippen LogP contribution in [0, 0.1) is 37.7 Å². The molecule has 0 aromatic heterocycles. The lowest BCUT2D eigenvalue weighted by molar-refractivity contribution is -0.387. The van der Waals surface area contributed by atoms with Gasteiger partial charge in [0.15, 0.2) is 0 Å². The second-order valence-corrected chi connectivity index (χ2v) is 5.05. The Hall–Kier alpha value is -3.17. The van der Waals surface area contributed by atoms with Crippen LogP contribution in [0.15, 0.2) is 36.4 Å². The van der Waals surface area contributed by atoms with Crippen molar-refractivity contribution in [3.63, 3.8) is 0 Å². The maximum Gasteiger partial charge on any atom is 0.304 e. The van der Waals surface area contributed by atoms with E-state index in [2.05, 4.69) is 5.32 Å². The number of anilines is 1. The molecule has 0 aliphatic carbocycles. The van der Waals surface area contributed by atoms with Crippen LogP contribution < -0.4 is 5.32 Å². The van der Waals surface area contributed by atoms with Gasteiger partial charge in [0, 0.05) is 30.8 Å². The molecule has 0 aliphatic heterocycles. The van der Waals surface area contributed by atoms with E-state index in [0.29, 0.717) is 12.6 Å². The fourth-order valence-corrected chi connectivity index (χ4v) is 1.84. The van der Waals surface area contributed by atoms with E-state index in [1.165, 1.54) is 6.07 Å². The summed E-state index contributed by atoms with van der Waals surface area (Å²) in [6, 6.07) is 5.49. The zero-order valence-electron chi connectivity index (χ0n) is 13.7. The van der Waals surface area contributed by atoms with Gasteiger partial charge in [-0.05, 0) is 18.6 Å². The molecule has 2 aromatic carbocycles. The van der Waals surface area contributed by atoms with Gasteiger partial charge < -0.3 is 5.32 Å². The predicted octanol–water partition coefficient (Wildman–Crippen LogP) is 4.82. The lowest BCUT2D eigenvalue weighted by atomic mass is 10.2. The van der Waals surface area contributed by atoms with Crippen molar-refractivity contribution < 1.29 is 23.0 Å². The average Bonchev–Trinajstić information content (AvgIpc) is 2.55. The summed E-state index contributed by atoms with van der Waals surface area (Å²) < 4.78 is 37.4. The van der Waals surface area contributed by atoms with Crippen LogP contribution >= 0.6 is 0 Å². The molecule has 0 aliphatic rings. The Morgan fingerprint density at radius 1 is 0.923 bits per heavy atom. The van der Waals surface area contributed by atoms with Crippen molar-refractivity contribution in [1.82, 2.24) is 0 Å². The smallest absolute Gasteiger partial charge is 0.304 e. The highest BCUT2D eigenvalue weighted by molar-refractivity contribution is 5.61. The van der Waals surface area contributed by atoms with Crippen molar-refractivity contribution in [1.29, 1.82) is 0 Å². The van der Waals surface area contributed by atoms with Crippen molar-refractivity contribution in [2.45, 2.75) is 19.8 Å². The summed E-state index contributed by atoms with van der Waals surface area (Å²) in [6.07, 6.45) is 1.88. The van der Waals surface area contributed by atoms with Gasteiger partial charge in [-0.3, -0.25) is 20.2 Å². The minimum Gasteiger partial charge on any atom is -0.379 e. The molecule has 0 amide bonds. The fourth-order valence-electron chi connectivity index (χ4n) is 1.84. The first-order chi connectivity index (χ1) is 12.3. The Morgan fingerprint density at radius 3 is 1.96 bits per heavy atom. The van der Waals surface area contributed by atoms with Crippen LogP contribution in [-0.4, -0.2) is 16.4 Å². The summed E-state index contributed by atoms with van der Waals surface area (Å²) in [5.41, 5.74) is -0.563. The first-order valence-corrected chi connectivity index (χ1v) is 7.53. The zero-order chi connectivity index (χ0) is 19.7. The normalized spacial score (nSPS) is 9.85. The molecule has 7 nitrogen and oxygen atoms in total. The van der Waals surface area contributed by atoms with E-state index < -0.39 is 33.0 Å². The van der Waals surface area contributed by atoms with Crippen LogP contribution in [0.1, 0.15) is 19.8 Å². The van der Waals surface area contributed by atoms with Crippen molar-refractivity contribution in [3.05, 3.63) is 74.1 Å². The van der Waals surface area contributed by atoms with Crippen molar-refractivity contribution >= 4 is 17.1 Å². The highest BCUT2D eigenvalue weighted by atomic mass is 19.1. The van der Waals surface area contributed by atoms with Gasteiger partial charge in [0.1, 0.15) is 17.3 Å². The zero-order valence-corrected chi connectivity index (χ0v) is 13.7. The maximum absolute atomic E-state index is 12.9. The molecular weight excluding hydrogens is 355 g/mol. The summed E-state index contributed by atoms with van der Waals surface area (Å²) >= 11 is 0. The topological polar surface area (TPSA) is 98.3 Å². The van der Waals surface area contributed by atoms with Crippen LogP contribution in [0.5, 0.6) is 0 Å². The Bertz CT molecular complexity index is 787. The van der Waals surface area contributed by atoms with Crippen LogP contribution in [0.3, 0.4) is 0 Å². The quantitative estimate of drug-likeness (QED) is 0.446. The maximum atomic E-state index is 12.9. The number of nitrogens with zero attached hydrogens (tertiary/aromatic N) is 2. The third-order valence-corrected chi connectivity index (χ3v) is 3.11. The van der Waals surface area contributed by atoms with E-state index in [9.17, 15) is 33.4 Å². The van der Waals surface area contributed by atoms with Crippen LogP contribution in [0.4, 0.5) is 30.2 Å². The predicted molar refractivity (Wildman–Crippen MR) is 89.5 cm³/mol. The van der Waals surface area contributed by atoms with Gasteiger partial charge in [-0.2, -0.15) is 4.39 Å². The van der Waals surface area contributed by atoms with Gasteiger partial charge in [0.05, 0.1) is 9.85 Å². The lowest BCUT2D eigenvalue weighted by Crippen LogP contribution is -2.04. The first-order valence-electron chi connectivity index (χ1n) is 7.53. The van der Waals surface area contributed by atoms with Crippen LogP contribution in [-0.2, 0) is 0 Å². The summed E-state index contributed by atoms with van der Waals surface area (Å²) in [5, 5.41) is 23.4. The summed E-state index contributed by atoms with van der Waals surface area (Å²) in [7, 11) is 0. The van der Waals surface area contributed by atoms with E-state index in [1.807, 2.05) is 6.92 Å². The number of nitro benzene ring substituents is 2. The third kappa shape index (κ3) is 6.38. The van der Waals surface area contributed by atoms with Gasteiger partial charge in [0.2, 0.25) is 5.82 Å². The molecule has 0 heterocycles. The average molecular weight is 371 g/mol. The SMILES string of the molecule is CCCCNc1cc(F)ccc1[N+](=O)[O-].O=[N+]([O-])c1ccc(F)cc1F. The second-order valence-electron chi connectivity index (χ2n) is 5.05. The Kier molecular flexibility index (Phi) is 8.00. The number of rotatable bonds is 6. The molecule has 0 unspecified atom stereocenters. The van der Waals surface area contributed by atoms with E-state index >= 15 is 0 Å². The lowest BCUT2D eigenvalue weighted by Gasteiger charge is -2.05. The standard InChI is InChI=1S/C10H13FN2O2.C6H3F2NO2/c1-2-3-6-12-9-7-8(11)4-5-10(9)13(14)15;7-4-1-2-6(9(10)11)5(8)3-4/h4-5,7,12H,2-3,6H2,1H3;1-3H. The molecule has 0 radical (unpaired) electrons. The van der Waals surface area contributed by atoms with Gasteiger partial charge in [-0.15, -0.1) is 0 Å². The molecule has 0 saturated heterocycles. The Morgan fingerprint density at radius 2 is 1.46 bits per heavy atom. The number of hydrogen-bond acceptors (Lipinski definition) is 5. The van der Waals surface area contributed by atoms with E-state index in [1.54, 1.807) is 0 Å². The van der Waals surface area contributed by atoms with Crippen LogP contribution in [0.25, 0.3) is 0 Å². The van der Waals surface area contributed by atoms with Crippen LogP contribution in [0.2, 0.25) is 0 Å². The molecule has 1 N–H and O–H groups in total. The largest absolute Gasteiger partial charge is 0.379 e. The molecule has 0 spiro atoms. The number of halogens is 3. The van der Waals surface area contributed by atoms with Gasteiger partial charge >= 0.3 is 5.69 Å². The van der Waals surface area contributed by atoms with Crippen molar-refractivity contribution in [3.8, 4) is 0 Å². The van der Waals surface area contributed by atoms with Gasteiger partial charge in [0.25, 0.3) is 5.69 Å². The number of benzene rings is 2. The number of nitro groups is 2. The number of unbranched alkanes of at least 4 members (excludes halogenated alkanes) is 1. The molecule has 0 atom stereocenters. The molecule has 0 fully saturated rings. The minimum atomic E-state index is -1.16. The summed E-state index contributed by atoms with van der Waals surface area (Å²) in [5.74, 6) is -2.46. The number of nitrogens with one attached hydrogen (secondary N) is 1. The van der Waals surface area contributed by atoms with E-state index in [4.69, 9.17) is 0 Å². The molecule has 140 valence electrons. The number of hydrogen-bond donors (Lipinski definition) is 1. The Labute approximate surface area is 146 Å². The highest BCUT2D eigenvalue weighted by Gasteiger charge is 2.14. The van der Waals surface area contributed by atoms with Gasteiger partial charge in [-0.1, -0.05) is 13.3 Å². The second kappa shape index (κ2) is 9.97. The van der Waals surface area contributed by atoms with Crippen molar-refractivity contribution in [2.75, 3.05) is 11.9 Å².